The molecule has 0 unspecified atom stereocenters. The minimum absolute atomic E-state index is 0.135. The molecule has 0 saturated heterocycles. The summed E-state index contributed by atoms with van der Waals surface area (Å²) in [7, 11) is 0. The number of aryl methyl sites for hydroxylation is 1. The first-order valence-corrected chi connectivity index (χ1v) is 7.41. The van der Waals surface area contributed by atoms with Crippen LogP contribution in [0.1, 0.15) is 5.82 Å². The molecular weight excluding hydrogens is 328 g/mol. The van der Waals surface area contributed by atoms with E-state index in [0.717, 1.165) is 11.1 Å². The lowest BCUT2D eigenvalue weighted by atomic mass is 10.1. The van der Waals surface area contributed by atoms with Crippen LogP contribution in [-0.4, -0.2) is 34.3 Å². The van der Waals surface area contributed by atoms with Gasteiger partial charge >= 0.3 is 0 Å². The molecule has 0 bridgehead atoms. The van der Waals surface area contributed by atoms with Crippen molar-refractivity contribution in [2.45, 2.75) is 6.92 Å². The molecule has 0 aliphatic carbocycles. The molecule has 4 aromatic heterocycles. The van der Waals surface area contributed by atoms with Crippen LogP contribution in [0, 0.1) is 6.92 Å². The first-order valence-electron chi connectivity index (χ1n) is 7.03. The lowest BCUT2D eigenvalue weighted by Gasteiger charge is -2.05. The Kier molecular flexibility index (Phi) is 3.31. The number of halogens is 1. The molecule has 0 aromatic carbocycles. The van der Waals surface area contributed by atoms with Crippen LogP contribution in [0.25, 0.3) is 28.3 Å². The van der Waals surface area contributed by atoms with Crippen LogP contribution in [0.5, 0.6) is 0 Å². The molecule has 0 fully saturated rings. The van der Waals surface area contributed by atoms with Gasteiger partial charge in [0.2, 0.25) is 5.95 Å². The number of anilines is 1. The van der Waals surface area contributed by atoms with E-state index in [4.69, 9.17) is 17.3 Å². The zero-order chi connectivity index (χ0) is 16.7. The van der Waals surface area contributed by atoms with Crippen LogP contribution in [-0.2, 0) is 0 Å². The number of fused-ring (bicyclic) bond motifs is 1. The number of imidazole rings is 1. The highest BCUT2D eigenvalue weighted by atomic mass is 35.5. The minimum Gasteiger partial charge on any atom is -0.368 e. The molecule has 4 aromatic rings. The lowest BCUT2D eigenvalue weighted by Crippen LogP contribution is -2.03. The van der Waals surface area contributed by atoms with Crippen LogP contribution in [0.15, 0.2) is 37.1 Å². The molecule has 0 aliphatic rings. The molecule has 9 heteroatoms. The standard InChI is InChI=1S/C15H11ClN8/c1-8-20-14(23-15(17)21-8)12-13(16)22-11-3-2-9(6-24(11)12)10-4-18-7-19-5-10/h2-7H,1H3,(H2,17,20,21,23). The van der Waals surface area contributed by atoms with Gasteiger partial charge in [0, 0.05) is 29.7 Å². The first-order chi connectivity index (χ1) is 11.6. The normalized spacial score (nSPS) is 11.1. The van der Waals surface area contributed by atoms with Crippen LogP contribution in [0.2, 0.25) is 5.15 Å². The third-order valence-electron chi connectivity index (χ3n) is 3.45. The second-order valence-electron chi connectivity index (χ2n) is 5.09. The number of pyridine rings is 1. The number of nitrogens with two attached hydrogens (primary N) is 1. The minimum atomic E-state index is 0.135. The molecule has 4 rings (SSSR count). The second-order valence-corrected chi connectivity index (χ2v) is 5.45. The summed E-state index contributed by atoms with van der Waals surface area (Å²) in [5, 5.41) is 0.293. The van der Waals surface area contributed by atoms with Gasteiger partial charge in [-0.25, -0.2) is 19.9 Å². The van der Waals surface area contributed by atoms with Crippen molar-refractivity contribution in [3.8, 4) is 22.6 Å². The monoisotopic (exact) mass is 338 g/mol. The molecule has 0 aliphatic heterocycles. The van der Waals surface area contributed by atoms with E-state index in [1.165, 1.54) is 6.33 Å². The Bertz CT molecular complexity index is 1020. The SMILES string of the molecule is Cc1nc(N)nc(-c2c(Cl)nc3ccc(-c4cncnc4)cn23)n1. The van der Waals surface area contributed by atoms with Gasteiger partial charge in [-0.1, -0.05) is 11.6 Å². The number of aromatic nitrogens is 7. The maximum atomic E-state index is 6.31. The molecule has 0 radical (unpaired) electrons. The molecule has 8 nitrogen and oxygen atoms in total. The predicted molar refractivity (Wildman–Crippen MR) is 89.2 cm³/mol. The van der Waals surface area contributed by atoms with E-state index in [0.29, 0.717) is 28.1 Å². The van der Waals surface area contributed by atoms with Crippen molar-refractivity contribution in [3.05, 3.63) is 48.0 Å². The van der Waals surface area contributed by atoms with Gasteiger partial charge in [0.05, 0.1) is 0 Å². The summed E-state index contributed by atoms with van der Waals surface area (Å²) in [5.41, 5.74) is 8.75. The van der Waals surface area contributed by atoms with E-state index in [-0.39, 0.29) is 5.95 Å². The van der Waals surface area contributed by atoms with E-state index >= 15 is 0 Å². The highest BCUT2D eigenvalue weighted by Gasteiger charge is 2.17. The lowest BCUT2D eigenvalue weighted by molar-refractivity contribution is 0.983. The summed E-state index contributed by atoms with van der Waals surface area (Å²) in [5.74, 6) is 1.02. The summed E-state index contributed by atoms with van der Waals surface area (Å²) in [6.45, 7) is 1.74. The van der Waals surface area contributed by atoms with E-state index < -0.39 is 0 Å². The molecule has 4 heterocycles. The topological polar surface area (TPSA) is 108 Å². The van der Waals surface area contributed by atoms with Crippen molar-refractivity contribution in [1.82, 2.24) is 34.3 Å². The third-order valence-corrected chi connectivity index (χ3v) is 3.71. The molecule has 2 N–H and O–H groups in total. The first kappa shape index (κ1) is 14.5. The van der Waals surface area contributed by atoms with Crippen molar-refractivity contribution < 1.29 is 0 Å². The summed E-state index contributed by atoms with van der Waals surface area (Å²) < 4.78 is 1.82. The predicted octanol–water partition coefficient (Wildman–Crippen LogP) is 2.19. The smallest absolute Gasteiger partial charge is 0.223 e. The van der Waals surface area contributed by atoms with Gasteiger partial charge in [-0.2, -0.15) is 9.97 Å². The number of hydrogen-bond donors (Lipinski definition) is 1. The Balaban J connectivity index is 1.96. The summed E-state index contributed by atoms with van der Waals surface area (Å²) in [4.78, 5) is 24.9. The van der Waals surface area contributed by atoms with Gasteiger partial charge < -0.3 is 5.73 Å². The van der Waals surface area contributed by atoms with Gasteiger partial charge in [-0.15, -0.1) is 0 Å². The Hall–Kier alpha value is -3.13. The quantitative estimate of drug-likeness (QED) is 0.596. The largest absolute Gasteiger partial charge is 0.368 e. The molecule has 0 spiro atoms. The van der Waals surface area contributed by atoms with E-state index in [9.17, 15) is 0 Å². The molecule has 0 atom stereocenters. The van der Waals surface area contributed by atoms with Crippen LogP contribution in [0.3, 0.4) is 0 Å². The van der Waals surface area contributed by atoms with Crippen LogP contribution >= 0.6 is 11.6 Å². The summed E-state index contributed by atoms with van der Waals surface area (Å²) in [6, 6.07) is 3.78. The van der Waals surface area contributed by atoms with Crippen molar-refractivity contribution in [1.29, 1.82) is 0 Å². The number of hydrogen-bond acceptors (Lipinski definition) is 7. The van der Waals surface area contributed by atoms with Crippen molar-refractivity contribution in [3.63, 3.8) is 0 Å². The Morgan fingerprint density at radius 2 is 1.79 bits per heavy atom. The highest BCUT2D eigenvalue weighted by molar-refractivity contribution is 6.32. The van der Waals surface area contributed by atoms with Crippen molar-refractivity contribution in [2.24, 2.45) is 0 Å². The van der Waals surface area contributed by atoms with Gasteiger partial charge in [0.1, 0.15) is 23.5 Å². The Morgan fingerprint density at radius 1 is 1.00 bits per heavy atom. The average Bonchev–Trinajstić information content (AvgIpc) is 2.89. The molecule has 24 heavy (non-hydrogen) atoms. The second kappa shape index (κ2) is 5.50. The van der Waals surface area contributed by atoms with E-state index in [1.54, 1.807) is 19.3 Å². The van der Waals surface area contributed by atoms with Gasteiger partial charge in [-0.3, -0.25) is 4.40 Å². The number of rotatable bonds is 2. The molecule has 118 valence electrons. The van der Waals surface area contributed by atoms with Gasteiger partial charge in [-0.05, 0) is 19.1 Å². The summed E-state index contributed by atoms with van der Waals surface area (Å²) >= 11 is 6.31. The average molecular weight is 339 g/mol. The fraction of sp³-hybridized carbons (Fsp3) is 0.0667. The van der Waals surface area contributed by atoms with Crippen molar-refractivity contribution in [2.75, 3.05) is 5.73 Å². The zero-order valence-corrected chi connectivity index (χ0v) is 13.3. The number of nitrogens with zero attached hydrogens (tertiary/aromatic N) is 7. The maximum absolute atomic E-state index is 6.31. The fourth-order valence-corrected chi connectivity index (χ4v) is 2.71. The number of nitrogen functional groups attached to an aromatic ring is 1. The Labute approximate surface area is 141 Å². The summed E-state index contributed by atoms with van der Waals surface area (Å²) in [6.07, 6.45) is 6.84. The molecule has 0 amide bonds. The highest BCUT2D eigenvalue weighted by Crippen LogP contribution is 2.28. The van der Waals surface area contributed by atoms with E-state index in [2.05, 4.69) is 29.9 Å². The third kappa shape index (κ3) is 2.42. The van der Waals surface area contributed by atoms with Gasteiger partial charge in [0.15, 0.2) is 11.0 Å². The zero-order valence-electron chi connectivity index (χ0n) is 12.5. The maximum Gasteiger partial charge on any atom is 0.223 e. The molecule has 0 saturated carbocycles. The Morgan fingerprint density at radius 3 is 2.54 bits per heavy atom. The van der Waals surface area contributed by atoms with Crippen molar-refractivity contribution >= 4 is 23.2 Å². The molecular formula is C15H11ClN8. The fourth-order valence-electron chi connectivity index (χ4n) is 2.44. The van der Waals surface area contributed by atoms with E-state index in [1.807, 2.05) is 22.7 Å². The van der Waals surface area contributed by atoms with Gasteiger partial charge in [0.25, 0.3) is 0 Å². The van der Waals surface area contributed by atoms with Crippen LogP contribution in [0.4, 0.5) is 5.95 Å². The van der Waals surface area contributed by atoms with Crippen LogP contribution < -0.4 is 5.73 Å².